The van der Waals surface area contributed by atoms with Gasteiger partial charge in [0.2, 0.25) is 0 Å². The minimum atomic E-state index is 0.808. The average molecular weight is 221 g/mol. The van der Waals surface area contributed by atoms with E-state index in [4.69, 9.17) is 4.74 Å². The number of nitrogens with zero attached hydrogens (tertiary/aromatic N) is 3. The van der Waals surface area contributed by atoms with Crippen LogP contribution < -0.4 is 4.90 Å². The van der Waals surface area contributed by atoms with E-state index in [0.29, 0.717) is 0 Å². The fourth-order valence-corrected chi connectivity index (χ4v) is 2.69. The lowest BCUT2D eigenvalue weighted by atomic mass is 10.3. The van der Waals surface area contributed by atoms with Crippen molar-refractivity contribution in [3.05, 3.63) is 17.9 Å². The van der Waals surface area contributed by atoms with Gasteiger partial charge in [-0.1, -0.05) is 0 Å². The number of ether oxygens (including phenoxy) is 1. The van der Waals surface area contributed by atoms with Crippen LogP contribution in [0.4, 0.5) is 5.69 Å². The summed E-state index contributed by atoms with van der Waals surface area (Å²) >= 11 is 1.70. The summed E-state index contributed by atoms with van der Waals surface area (Å²) in [5.74, 6) is 0. The molecule has 0 radical (unpaired) electrons. The summed E-state index contributed by atoms with van der Waals surface area (Å²) in [6.45, 7) is 3.52. The molecule has 0 atom stereocenters. The third-order valence-electron chi connectivity index (χ3n) is 2.57. The normalized spacial score (nSPS) is 17.2. The Labute approximate surface area is 91.5 Å². The van der Waals surface area contributed by atoms with E-state index < -0.39 is 0 Å². The van der Waals surface area contributed by atoms with E-state index in [1.807, 2.05) is 6.20 Å². The number of hydrogen-bond acceptors (Lipinski definition) is 5. The molecular weight excluding hydrogens is 210 g/mol. The molecule has 0 spiro atoms. The lowest BCUT2D eigenvalue weighted by Crippen LogP contribution is -2.36. The van der Waals surface area contributed by atoms with Crippen molar-refractivity contribution in [1.29, 1.82) is 0 Å². The lowest BCUT2D eigenvalue weighted by molar-refractivity contribution is 0.123. The van der Waals surface area contributed by atoms with E-state index in [0.717, 1.165) is 36.5 Å². The van der Waals surface area contributed by atoms with E-state index in [1.54, 1.807) is 17.7 Å². The number of aromatic nitrogens is 2. The molecule has 3 rings (SSSR count). The Hall–Kier alpha value is -1.20. The highest BCUT2D eigenvalue weighted by Crippen LogP contribution is 2.30. The molecule has 15 heavy (non-hydrogen) atoms. The molecule has 1 aliphatic rings. The Morgan fingerprint density at radius 2 is 2.20 bits per heavy atom. The lowest BCUT2D eigenvalue weighted by Gasteiger charge is -2.27. The summed E-state index contributed by atoms with van der Waals surface area (Å²) in [6, 6.07) is 0. The minimum absolute atomic E-state index is 0.808. The molecule has 1 fully saturated rings. The fraction of sp³-hybridized carbons (Fsp3) is 0.400. The highest BCUT2D eigenvalue weighted by atomic mass is 32.1. The van der Waals surface area contributed by atoms with E-state index in [1.165, 1.54) is 5.69 Å². The monoisotopic (exact) mass is 221 g/mol. The van der Waals surface area contributed by atoms with Crippen LogP contribution in [0.1, 0.15) is 0 Å². The second kappa shape index (κ2) is 3.75. The summed E-state index contributed by atoms with van der Waals surface area (Å²) in [4.78, 5) is 10.7. The third-order valence-corrected chi connectivity index (χ3v) is 3.46. The zero-order valence-electron chi connectivity index (χ0n) is 8.22. The van der Waals surface area contributed by atoms with Crippen LogP contribution >= 0.6 is 11.3 Å². The van der Waals surface area contributed by atoms with Crippen molar-refractivity contribution in [1.82, 2.24) is 9.97 Å². The van der Waals surface area contributed by atoms with Gasteiger partial charge < -0.3 is 9.64 Å². The zero-order chi connectivity index (χ0) is 10.1. The van der Waals surface area contributed by atoms with E-state index in [-0.39, 0.29) is 0 Å². The van der Waals surface area contributed by atoms with E-state index >= 15 is 0 Å². The predicted octanol–water partition coefficient (Wildman–Crippen LogP) is 1.53. The van der Waals surface area contributed by atoms with Crippen molar-refractivity contribution in [3.8, 4) is 0 Å². The highest BCUT2D eigenvalue weighted by molar-refractivity contribution is 7.17. The Kier molecular flexibility index (Phi) is 2.26. The number of thiophene rings is 1. The van der Waals surface area contributed by atoms with Crippen molar-refractivity contribution in [2.45, 2.75) is 0 Å². The first kappa shape index (κ1) is 9.06. The molecule has 5 heteroatoms. The predicted molar refractivity (Wildman–Crippen MR) is 60.4 cm³/mol. The maximum absolute atomic E-state index is 5.34. The first-order valence-electron chi connectivity index (χ1n) is 4.95. The van der Waals surface area contributed by atoms with Gasteiger partial charge in [0.15, 0.2) is 0 Å². The minimum Gasteiger partial charge on any atom is -0.378 e. The Morgan fingerprint density at radius 1 is 1.33 bits per heavy atom. The topological polar surface area (TPSA) is 38.2 Å². The van der Waals surface area contributed by atoms with Gasteiger partial charge in [-0.3, -0.25) is 0 Å². The molecule has 0 bridgehead atoms. The van der Waals surface area contributed by atoms with Gasteiger partial charge in [0, 0.05) is 24.7 Å². The van der Waals surface area contributed by atoms with Crippen molar-refractivity contribution in [2.75, 3.05) is 31.2 Å². The van der Waals surface area contributed by atoms with Crippen molar-refractivity contribution in [3.63, 3.8) is 0 Å². The first-order valence-corrected chi connectivity index (χ1v) is 5.83. The Balaban J connectivity index is 2.02. The van der Waals surface area contributed by atoms with Crippen LogP contribution in [-0.2, 0) is 4.74 Å². The Morgan fingerprint density at radius 3 is 3.07 bits per heavy atom. The van der Waals surface area contributed by atoms with Crippen LogP contribution in [0.2, 0.25) is 0 Å². The van der Waals surface area contributed by atoms with E-state index in [2.05, 4.69) is 20.2 Å². The molecule has 2 aromatic heterocycles. The summed E-state index contributed by atoms with van der Waals surface area (Å²) in [6.07, 6.45) is 3.48. The molecule has 0 aliphatic carbocycles. The molecule has 78 valence electrons. The number of rotatable bonds is 1. The van der Waals surface area contributed by atoms with Crippen LogP contribution in [0.5, 0.6) is 0 Å². The largest absolute Gasteiger partial charge is 0.378 e. The number of morpholine rings is 1. The average Bonchev–Trinajstić information content (AvgIpc) is 2.74. The number of hydrogen-bond donors (Lipinski definition) is 0. The first-order chi connectivity index (χ1) is 7.45. The molecule has 1 aliphatic heterocycles. The molecule has 2 aromatic rings. The molecule has 1 saturated heterocycles. The molecular formula is C10H11N3OS. The zero-order valence-corrected chi connectivity index (χ0v) is 9.04. The second-order valence-electron chi connectivity index (χ2n) is 3.46. The molecule has 0 N–H and O–H groups in total. The second-order valence-corrected chi connectivity index (χ2v) is 4.37. The quantitative estimate of drug-likeness (QED) is 0.732. The van der Waals surface area contributed by atoms with Gasteiger partial charge in [-0.05, 0) is 0 Å². The van der Waals surface area contributed by atoms with Crippen LogP contribution in [0.15, 0.2) is 17.9 Å². The van der Waals surface area contributed by atoms with Crippen molar-refractivity contribution >= 4 is 27.2 Å². The van der Waals surface area contributed by atoms with Gasteiger partial charge in [-0.2, -0.15) is 0 Å². The highest BCUT2D eigenvalue weighted by Gasteiger charge is 2.15. The van der Waals surface area contributed by atoms with Gasteiger partial charge >= 0.3 is 0 Å². The van der Waals surface area contributed by atoms with Crippen molar-refractivity contribution in [2.24, 2.45) is 0 Å². The van der Waals surface area contributed by atoms with Gasteiger partial charge in [0.25, 0.3) is 0 Å². The summed E-state index contributed by atoms with van der Waals surface area (Å²) < 4.78 is 6.49. The summed E-state index contributed by atoms with van der Waals surface area (Å²) in [5.41, 5.74) is 2.29. The molecule has 0 aromatic carbocycles. The molecule has 0 saturated carbocycles. The molecule has 4 nitrogen and oxygen atoms in total. The smallest absolute Gasteiger partial charge is 0.116 e. The third kappa shape index (κ3) is 1.57. The summed E-state index contributed by atoms with van der Waals surface area (Å²) in [7, 11) is 0. The van der Waals surface area contributed by atoms with E-state index in [9.17, 15) is 0 Å². The van der Waals surface area contributed by atoms with Crippen LogP contribution in [0.25, 0.3) is 10.2 Å². The standard InChI is InChI=1S/C10H11N3OS/c1-3-14-4-2-13(1)8-6-15-9-5-11-7-12-10(8)9/h5-7H,1-4H2. The maximum atomic E-state index is 5.34. The van der Waals surface area contributed by atoms with Gasteiger partial charge in [0.1, 0.15) is 11.8 Å². The van der Waals surface area contributed by atoms with Gasteiger partial charge in [-0.25, -0.2) is 9.97 Å². The Bertz CT molecular complexity index is 464. The van der Waals surface area contributed by atoms with Crippen molar-refractivity contribution < 1.29 is 4.74 Å². The summed E-state index contributed by atoms with van der Waals surface area (Å²) in [5, 5.41) is 2.16. The maximum Gasteiger partial charge on any atom is 0.116 e. The van der Waals surface area contributed by atoms with Crippen LogP contribution in [-0.4, -0.2) is 36.3 Å². The SMILES string of the molecule is c1ncc2scc(N3CCOCC3)c2n1. The number of anilines is 1. The van der Waals surface area contributed by atoms with Gasteiger partial charge in [-0.15, -0.1) is 11.3 Å². The molecule has 0 unspecified atom stereocenters. The number of fused-ring (bicyclic) bond motifs is 1. The molecule has 0 amide bonds. The van der Waals surface area contributed by atoms with Gasteiger partial charge in [0.05, 0.1) is 23.6 Å². The fourth-order valence-electron chi connectivity index (χ4n) is 1.80. The van der Waals surface area contributed by atoms with Crippen LogP contribution in [0.3, 0.4) is 0 Å². The van der Waals surface area contributed by atoms with Crippen LogP contribution in [0, 0.1) is 0 Å². The molecule has 3 heterocycles.